The standard InChI is InChI=1S/C52H49N7O4/c1-56(2)25-27-58-49(60)37-17-9-15-35-45(37)41(51(58)62)29-39-31(33-13-5-7-21-43(33)54-47(35)39)19-11-23-53-24-12-20-32-34-14-6-8-22-44(34)55-48-36-16-10-18-38-46(36)42(30-40(32)48)52(63)59(50(38)61)28-26-57(3)4/h5-10,13-18,21-22,29-30,53H,11-12,19-20,23-28H2,1-4H3. The van der Waals surface area contributed by atoms with E-state index in [4.69, 9.17) is 9.97 Å². The minimum atomic E-state index is -0.260. The molecule has 0 aliphatic carbocycles. The van der Waals surface area contributed by atoms with Crippen LogP contribution >= 0.6 is 0 Å². The number of hydrogen-bond acceptors (Lipinski definition) is 9. The van der Waals surface area contributed by atoms with Gasteiger partial charge in [-0.25, -0.2) is 9.97 Å². The van der Waals surface area contributed by atoms with Crippen molar-refractivity contribution in [2.45, 2.75) is 25.7 Å². The third kappa shape index (κ3) is 6.87. The summed E-state index contributed by atoms with van der Waals surface area (Å²) in [5.74, 6) is -1.04. The van der Waals surface area contributed by atoms with Gasteiger partial charge in [0.1, 0.15) is 0 Å². The zero-order valence-electron chi connectivity index (χ0n) is 36.1. The molecule has 11 nitrogen and oxygen atoms in total. The maximum absolute atomic E-state index is 14.1. The van der Waals surface area contributed by atoms with E-state index in [-0.39, 0.29) is 23.6 Å². The van der Waals surface area contributed by atoms with Crippen LogP contribution in [-0.2, 0) is 12.8 Å². The number of hydrogen-bond donors (Lipinski definition) is 1. The first kappa shape index (κ1) is 40.4. The molecule has 0 spiro atoms. The number of aromatic nitrogens is 2. The summed E-state index contributed by atoms with van der Waals surface area (Å²) in [6.07, 6.45) is 3.27. The summed E-state index contributed by atoms with van der Waals surface area (Å²) >= 11 is 0. The first-order chi connectivity index (χ1) is 30.6. The minimum absolute atomic E-state index is 0.260. The van der Waals surface area contributed by atoms with E-state index in [1.165, 1.54) is 9.80 Å². The van der Waals surface area contributed by atoms with E-state index >= 15 is 0 Å². The van der Waals surface area contributed by atoms with Crippen molar-refractivity contribution in [3.63, 3.8) is 0 Å². The lowest BCUT2D eigenvalue weighted by molar-refractivity contribution is 0.0585. The Morgan fingerprint density at radius 3 is 1.30 bits per heavy atom. The second-order valence-corrected chi connectivity index (χ2v) is 17.4. The number of likely N-dealkylation sites (N-methyl/N-ethyl adjacent to an activating group) is 2. The molecular formula is C52H49N7O4. The van der Waals surface area contributed by atoms with Crippen molar-refractivity contribution in [1.82, 2.24) is 34.9 Å². The van der Waals surface area contributed by atoms with Crippen LogP contribution in [-0.4, -0.2) is 121 Å². The van der Waals surface area contributed by atoms with Crippen molar-refractivity contribution in [2.75, 3.05) is 67.5 Å². The third-order valence-corrected chi connectivity index (χ3v) is 12.8. The molecule has 0 saturated carbocycles. The van der Waals surface area contributed by atoms with Gasteiger partial charge in [-0.05, 0) is 114 Å². The third-order valence-electron chi connectivity index (χ3n) is 12.8. The van der Waals surface area contributed by atoms with Gasteiger partial charge in [0.15, 0.2) is 0 Å². The monoisotopic (exact) mass is 835 g/mol. The van der Waals surface area contributed by atoms with Gasteiger partial charge < -0.3 is 15.1 Å². The fourth-order valence-corrected chi connectivity index (χ4v) is 9.73. The summed E-state index contributed by atoms with van der Waals surface area (Å²) in [7, 11) is 7.75. The van der Waals surface area contributed by atoms with E-state index in [2.05, 4.69) is 17.4 Å². The van der Waals surface area contributed by atoms with E-state index in [0.717, 1.165) is 104 Å². The van der Waals surface area contributed by atoms with Crippen LogP contribution in [0.15, 0.2) is 97.1 Å². The van der Waals surface area contributed by atoms with Crippen molar-refractivity contribution >= 4 is 88.8 Å². The van der Waals surface area contributed by atoms with E-state index in [9.17, 15) is 19.2 Å². The maximum atomic E-state index is 14.1. The number of carbonyl (C=O) groups is 4. The number of aryl methyl sites for hydroxylation is 2. The molecule has 1 N–H and O–H groups in total. The number of fused-ring (bicyclic) bond motifs is 6. The number of rotatable bonds is 14. The van der Waals surface area contributed by atoms with Gasteiger partial charge in [-0.15, -0.1) is 0 Å². The number of para-hydroxylation sites is 2. The molecule has 2 aliphatic heterocycles. The molecule has 0 atom stereocenters. The molecule has 0 radical (unpaired) electrons. The van der Waals surface area contributed by atoms with Gasteiger partial charge in [0, 0.05) is 91.5 Å². The van der Waals surface area contributed by atoms with Gasteiger partial charge in [-0.2, -0.15) is 0 Å². The topological polar surface area (TPSA) is 119 Å². The normalized spacial score (nSPS) is 14.1. The Balaban J connectivity index is 0.914. The Kier molecular flexibility index (Phi) is 10.4. The van der Waals surface area contributed by atoms with Crippen LogP contribution in [0.2, 0.25) is 0 Å². The first-order valence-electron chi connectivity index (χ1n) is 21.9. The fraction of sp³-hybridized carbons (Fsp3) is 0.269. The Morgan fingerprint density at radius 2 is 0.873 bits per heavy atom. The minimum Gasteiger partial charge on any atom is -0.317 e. The average Bonchev–Trinajstić information content (AvgIpc) is 3.28. The van der Waals surface area contributed by atoms with Gasteiger partial charge in [0.25, 0.3) is 23.6 Å². The highest BCUT2D eigenvalue weighted by molar-refractivity contribution is 6.31. The Morgan fingerprint density at radius 1 is 0.476 bits per heavy atom. The molecule has 0 bridgehead atoms. The van der Waals surface area contributed by atoms with Crippen molar-refractivity contribution in [1.29, 1.82) is 0 Å². The zero-order valence-corrected chi connectivity index (χ0v) is 36.1. The second kappa shape index (κ2) is 16.2. The number of pyridine rings is 2. The number of nitrogens with zero attached hydrogens (tertiary/aromatic N) is 6. The quantitative estimate of drug-likeness (QED) is 0.0506. The van der Waals surface area contributed by atoms with Gasteiger partial charge in [0.2, 0.25) is 0 Å². The zero-order chi connectivity index (χ0) is 43.5. The maximum Gasteiger partial charge on any atom is 0.261 e. The molecule has 11 heteroatoms. The predicted octanol–water partition coefficient (Wildman–Crippen LogP) is 7.87. The smallest absolute Gasteiger partial charge is 0.261 e. The van der Waals surface area contributed by atoms with Crippen LogP contribution in [0.1, 0.15) is 65.4 Å². The highest BCUT2D eigenvalue weighted by atomic mass is 16.2. The van der Waals surface area contributed by atoms with E-state index in [0.29, 0.717) is 59.2 Å². The molecule has 4 amide bonds. The summed E-state index contributed by atoms with van der Waals surface area (Å²) in [5, 5.41) is 10.8. The van der Waals surface area contributed by atoms with Crippen LogP contribution in [0.4, 0.5) is 0 Å². The van der Waals surface area contributed by atoms with Gasteiger partial charge in [-0.1, -0.05) is 60.7 Å². The molecule has 4 heterocycles. The summed E-state index contributed by atoms with van der Waals surface area (Å²) in [4.78, 5) is 72.5. The molecular weight excluding hydrogens is 787 g/mol. The molecule has 63 heavy (non-hydrogen) atoms. The molecule has 2 aromatic heterocycles. The molecule has 10 rings (SSSR count). The molecule has 0 unspecified atom stereocenters. The molecule has 2 aliphatic rings. The average molecular weight is 836 g/mol. The Labute approximate surface area is 365 Å². The van der Waals surface area contributed by atoms with Gasteiger partial charge in [-0.3, -0.25) is 29.0 Å². The predicted molar refractivity (Wildman–Crippen MR) is 251 cm³/mol. The van der Waals surface area contributed by atoms with Crippen LogP contribution in [0.5, 0.6) is 0 Å². The van der Waals surface area contributed by atoms with Crippen molar-refractivity contribution in [2.24, 2.45) is 0 Å². The number of imide groups is 2. The van der Waals surface area contributed by atoms with E-state index in [1.54, 1.807) is 0 Å². The summed E-state index contributed by atoms with van der Waals surface area (Å²) in [6.45, 7) is 3.37. The number of benzene rings is 6. The summed E-state index contributed by atoms with van der Waals surface area (Å²) in [6, 6.07) is 31.7. The molecule has 6 aromatic carbocycles. The molecule has 0 saturated heterocycles. The summed E-state index contributed by atoms with van der Waals surface area (Å²) < 4.78 is 0. The first-order valence-corrected chi connectivity index (χ1v) is 21.9. The van der Waals surface area contributed by atoms with Crippen LogP contribution in [0.25, 0.3) is 65.2 Å². The second-order valence-electron chi connectivity index (χ2n) is 17.4. The fourth-order valence-electron chi connectivity index (χ4n) is 9.73. The highest BCUT2D eigenvalue weighted by Crippen LogP contribution is 2.40. The molecule has 316 valence electrons. The lowest BCUT2D eigenvalue weighted by Crippen LogP contribution is -2.43. The van der Waals surface area contributed by atoms with Crippen molar-refractivity contribution < 1.29 is 19.2 Å². The molecule has 0 fully saturated rings. The van der Waals surface area contributed by atoms with Gasteiger partial charge >= 0.3 is 0 Å². The largest absolute Gasteiger partial charge is 0.317 e. The lowest BCUT2D eigenvalue weighted by atomic mass is 9.89. The van der Waals surface area contributed by atoms with Crippen LogP contribution < -0.4 is 5.32 Å². The number of nitrogens with one attached hydrogen (secondary N) is 1. The lowest BCUT2D eigenvalue weighted by Gasteiger charge is -2.29. The van der Waals surface area contributed by atoms with Crippen LogP contribution in [0.3, 0.4) is 0 Å². The van der Waals surface area contributed by atoms with Crippen LogP contribution in [0, 0.1) is 0 Å². The molecule has 8 aromatic rings. The Bertz CT molecular complexity index is 3020. The van der Waals surface area contributed by atoms with Crippen molar-refractivity contribution in [3.8, 4) is 0 Å². The Hall–Kier alpha value is -6.66. The number of carbonyl (C=O) groups excluding carboxylic acids is 4. The summed E-state index contributed by atoms with van der Waals surface area (Å²) in [5.41, 5.74) is 7.88. The van der Waals surface area contributed by atoms with E-state index < -0.39 is 0 Å². The van der Waals surface area contributed by atoms with Crippen molar-refractivity contribution in [3.05, 3.63) is 130 Å². The SMILES string of the molecule is CN(C)CCN1C(=O)c2cccc3c2c(cc2c(CCCNCCCc4c5ccccc5nc5c4cc4c6c(cccc65)C(=O)N(CCN(C)C)C4=O)c4ccccc4nc23)C1=O. The van der Waals surface area contributed by atoms with Gasteiger partial charge in [0.05, 0.1) is 22.1 Å². The van der Waals surface area contributed by atoms with E-state index in [1.807, 2.05) is 123 Å². The number of amides is 4. The highest BCUT2D eigenvalue weighted by Gasteiger charge is 2.35.